The molecule has 0 fully saturated rings. The number of nitrogens with zero attached hydrogens (tertiary/aromatic N) is 1. The van der Waals surface area contributed by atoms with Crippen molar-refractivity contribution in [2.24, 2.45) is 10.9 Å². The van der Waals surface area contributed by atoms with Crippen LogP contribution in [-0.2, 0) is 4.79 Å². The molecule has 5 heteroatoms. The number of aliphatic imine (C=N–C) groups is 1. The van der Waals surface area contributed by atoms with Crippen LogP contribution in [0.25, 0.3) is 0 Å². The number of allylic oxidation sites excluding steroid dienone is 3. The highest BCUT2D eigenvalue weighted by Gasteiger charge is 2.31. The molecule has 13 heavy (non-hydrogen) atoms. The first-order valence-electron chi connectivity index (χ1n) is 3.70. The number of carbonyl (C=O) groups excluding carboxylic acids is 1. The molecular formula is C8H6N2O3. The van der Waals surface area contributed by atoms with E-state index in [1.165, 1.54) is 6.08 Å². The van der Waals surface area contributed by atoms with E-state index >= 15 is 0 Å². The molecule has 1 aliphatic carbocycles. The molecular weight excluding hydrogens is 172 g/mol. The number of fused-ring (bicyclic) bond motifs is 1. The molecule has 0 spiro atoms. The van der Waals surface area contributed by atoms with Crippen molar-refractivity contribution in [3.05, 3.63) is 23.9 Å². The van der Waals surface area contributed by atoms with Crippen LogP contribution >= 0.6 is 0 Å². The van der Waals surface area contributed by atoms with Crippen LogP contribution in [0.15, 0.2) is 28.9 Å². The number of amides is 2. The third-order valence-corrected chi connectivity index (χ3v) is 1.87. The number of hydrogen-bond donors (Lipinski definition) is 2. The highest BCUT2D eigenvalue weighted by Crippen LogP contribution is 2.18. The molecule has 1 unspecified atom stereocenters. The number of carboxylic acid groups (broad SMARTS) is 1. The van der Waals surface area contributed by atoms with Crippen molar-refractivity contribution in [1.29, 1.82) is 0 Å². The molecule has 2 N–H and O–H groups in total. The molecule has 2 rings (SSSR count). The van der Waals surface area contributed by atoms with Crippen LogP contribution < -0.4 is 5.32 Å². The second kappa shape index (κ2) is 2.55. The van der Waals surface area contributed by atoms with Crippen molar-refractivity contribution in [3.8, 4) is 0 Å². The van der Waals surface area contributed by atoms with Crippen molar-refractivity contribution in [2.75, 3.05) is 0 Å². The molecule has 1 heterocycles. The predicted octanol–water partition coefficient (Wildman–Crippen LogP) is 0.305. The van der Waals surface area contributed by atoms with Crippen LogP contribution in [0.2, 0.25) is 0 Å². The number of urea groups is 1. The van der Waals surface area contributed by atoms with Gasteiger partial charge in [0.1, 0.15) is 5.92 Å². The lowest BCUT2D eigenvalue weighted by molar-refractivity contribution is -0.138. The second-order valence-corrected chi connectivity index (χ2v) is 2.71. The number of aliphatic carboxylic acids is 1. The Hall–Kier alpha value is -1.91. The first kappa shape index (κ1) is 7.72. The second-order valence-electron chi connectivity index (χ2n) is 2.71. The van der Waals surface area contributed by atoms with E-state index in [1.807, 2.05) is 0 Å². The van der Waals surface area contributed by atoms with Gasteiger partial charge in [-0.3, -0.25) is 4.79 Å². The van der Waals surface area contributed by atoms with Gasteiger partial charge in [0, 0.05) is 0 Å². The molecule has 0 saturated heterocycles. The predicted molar refractivity (Wildman–Crippen MR) is 44.3 cm³/mol. The summed E-state index contributed by atoms with van der Waals surface area (Å²) in [5.41, 5.74) is 0.778. The Kier molecular flexibility index (Phi) is 1.51. The van der Waals surface area contributed by atoms with Crippen molar-refractivity contribution in [1.82, 2.24) is 5.32 Å². The topological polar surface area (TPSA) is 78.8 Å². The fraction of sp³-hybridized carbons (Fsp3) is 0.125. The van der Waals surface area contributed by atoms with Crippen molar-refractivity contribution < 1.29 is 14.7 Å². The molecule has 2 aliphatic rings. The van der Waals surface area contributed by atoms with Gasteiger partial charge < -0.3 is 10.4 Å². The van der Waals surface area contributed by atoms with Crippen LogP contribution in [0.3, 0.4) is 0 Å². The van der Waals surface area contributed by atoms with Gasteiger partial charge >= 0.3 is 12.0 Å². The van der Waals surface area contributed by atoms with E-state index in [9.17, 15) is 9.59 Å². The summed E-state index contributed by atoms with van der Waals surface area (Å²) in [6.07, 6.45) is 4.72. The fourth-order valence-corrected chi connectivity index (χ4v) is 1.29. The lowest BCUT2D eigenvalue weighted by Gasteiger charge is -2.11. The Morgan fingerprint density at radius 2 is 2.38 bits per heavy atom. The van der Waals surface area contributed by atoms with E-state index in [-0.39, 0.29) is 0 Å². The Morgan fingerprint density at radius 1 is 1.62 bits per heavy atom. The summed E-state index contributed by atoms with van der Waals surface area (Å²) < 4.78 is 0. The summed E-state index contributed by atoms with van der Waals surface area (Å²) in [5.74, 6) is -1.81. The van der Waals surface area contributed by atoms with Gasteiger partial charge in [-0.2, -0.15) is 4.99 Å². The molecule has 2 amide bonds. The minimum Gasteiger partial charge on any atom is -0.481 e. The summed E-state index contributed by atoms with van der Waals surface area (Å²) in [6.45, 7) is 0. The minimum atomic E-state index is -1.00. The summed E-state index contributed by atoms with van der Waals surface area (Å²) in [7, 11) is 0. The summed E-state index contributed by atoms with van der Waals surface area (Å²) in [5, 5.41) is 11.2. The Balaban J connectivity index is 2.41. The quantitative estimate of drug-likeness (QED) is 0.606. The Labute approximate surface area is 73.5 Å². The summed E-state index contributed by atoms with van der Waals surface area (Å²) in [6, 6.07) is -0.504. The SMILES string of the molecule is O=C1N=C2C(=CC=CC2C(=O)O)N1. The summed E-state index contributed by atoms with van der Waals surface area (Å²) in [4.78, 5) is 25.1. The van der Waals surface area contributed by atoms with E-state index in [0.717, 1.165) is 0 Å². The summed E-state index contributed by atoms with van der Waals surface area (Å²) >= 11 is 0. The Bertz CT molecular complexity index is 379. The van der Waals surface area contributed by atoms with E-state index in [1.54, 1.807) is 12.2 Å². The van der Waals surface area contributed by atoms with E-state index in [4.69, 9.17) is 5.11 Å². The normalized spacial score (nSPS) is 24.6. The molecule has 0 aromatic carbocycles. The van der Waals surface area contributed by atoms with Gasteiger partial charge in [0.25, 0.3) is 0 Å². The largest absolute Gasteiger partial charge is 0.481 e. The maximum atomic E-state index is 10.8. The zero-order chi connectivity index (χ0) is 9.42. The van der Waals surface area contributed by atoms with Crippen LogP contribution in [-0.4, -0.2) is 22.8 Å². The van der Waals surface area contributed by atoms with Gasteiger partial charge in [0.2, 0.25) is 0 Å². The number of carbonyl (C=O) groups is 2. The van der Waals surface area contributed by atoms with Crippen molar-refractivity contribution in [2.45, 2.75) is 0 Å². The number of rotatable bonds is 1. The molecule has 1 aliphatic heterocycles. The molecule has 66 valence electrons. The van der Waals surface area contributed by atoms with Crippen molar-refractivity contribution >= 4 is 17.7 Å². The van der Waals surface area contributed by atoms with E-state index in [0.29, 0.717) is 11.4 Å². The lowest BCUT2D eigenvalue weighted by Crippen LogP contribution is -2.26. The molecule has 0 bridgehead atoms. The van der Waals surface area contributed by atoms with Crippen LogP contribution in [0.5, 0.6) is 0 Å². The van der Waals surface area contributed by atoms with Gasteiger partial charge in [-0.25, -0.2) is 4.79 Å². The maximum Gasteiger partial charge on any atom is 0.345 e. The zero-order valence-corrected chi connectivity index (χ0v) is 6.52. The van der Waals surface area contributed by atoms with E-state index < -0.39 is 17.9 Å². The third-order valence-electron chi connectivity index (χ3n) is 1.87. The molecule has 1 atom stereocenters. The van der Waals surface area contributed by atoms with Crippen LogP contribution in [0.1, 0.15) is 0 Å². The smallest absolute Gasteiger partial charge is 0.345 e. The lowest BCUT2D eigenvalue weighted by atomic mass is 9.96. The van der Waals surface area contributed by atoms with Crippen molar-refractivity contribution in [3.63, 3.8) is 0 Å². The number of hydrogen-bond acceptors (Lipinski definition) is 2. The molecule has 0 radical (unpaired) electrons. The minimum absolute atomic E-state index is 0.292. The van der Waals surface area contributed by atoms with Gasteiger partial charge in [-0.05, 0) is 6.08 Å². The third kappa shape index (κ3) is 1.14. The first-order valence-corrected chi connectivity index (χ1v) is 3.70. The highest BCUT2D eigenvalue weighted by atomic mass is 16.4. The first-order chi connectivity index (χ1) is 6.18. The fourth-order valence-electron chi connectivity index (χ4n) is 1.29. The number of carboxylic acids is 1. The zero-order valence-electron chi connectivity index (χ0n) is 6.52. The molecule has 5 nitrogen and oxygen atoms in total. The van der Waals surface area contributed by atoms with Crippen LogP contribution in [0, 0.1) is 5.92 Å². The molecule has 0 saturated carbocycles. The van der Waals surface area contributed by atoms with Gasteiger partial charge in [0.05, 0.1) is 11.4 Å². The molecule has 0 aromatic heterocycles. The average molecular weight is 178 g/mol. The van der Waals surface area contributed by atoms with Gasteiger partial charge in [0.15, 0.2) is 0 Å². The molecule has 0 aromatic rings. The van der Waals surface area contributed by atoms with Crippen LogP contribution in [0.4, 0.5) is 4.79 Å². The van der Waals surface area contributed by atoms with E-state index in [2.05, 4.69) is 10.3 Å². The maximum absolute atomic E-state index is 10.8. The monoisotopic (exact) mass is 178 g/mol. The number of nitrogens with one attached hydrogen (secondary N) is 1. The van der Waals surface area contributed by atoms with Gasteiger partial charge in [-0.15, -0.1) is 0 Å². The highest BCUT2D eigenvalue weighted by molar-refractivity contribution is 6.21. The average Bonchev–Trinajstić information content (AvgIpc) is 2.43. The standard InChI is InChI=1S/C8H6N2O3/c11-7(12)4-2-1-3-5-6(4)10-8(13)9-5/h1-4H,(H,9,13)(H,11,12). The Morgan fingerprint density at radius 3 is 3.08 bits per heavy atom. The van der Waals surface area contributed by atoms with Gasteiger partial charge in [-0.1, -0.05) is 12.2 Å².